The van der Waals surface area contributed by atoms with E-state index in [-0.39, 0.29) is 28.8 Å². The molecular weight excluding hydrogens is 300 g/mol. The molecule has 0 radical (unpaired) electrons. The zero-order chi connectivity index (χ0) is 16.7. The van der Waals surface area contributed by atoms with Gasteiger partial charge in [0, 0.05) is 5.69 Å². The Hall–Kier alpha value is -3.22. The number of carboxylic acid groups (broad SMARTS) is 1. The molecule has 7 nitrogen and oxygen atoms in total. The molecule has 0 fully saturated rings. The first-order chi connectivity index (χ1) is 10.9. The van der Waals surface area contributed by atoms with Crippen LogP contribution >= 0.6 is 0 Å². The SMILES string of the molecule is Cc1cc(C(=O)O)c(CN2C(=O)c3ccccc3C2=O)c(=O)[nH]1. The molecule has 0 atom stereocenters. The Bertz CT molecular complexity index is 878. The van der Waals surface area contributed by atoms with Gasteiger partial charge in [-0.05, 0) is 25.1 Å². The molecule has 1 aromatic carbocycles. The monoisotopic (exact) mass is 312 g/mol. The Morgan fingerprint density at radius 3 is 2.22 bits per heavy atom. The first-order valence-corrected chi connectivity index (χ1v) is 6.81. The van der Waals surface area contributed by atoms with Crippen molar-refractivity contribution in [3.8, 4) is 0 Å². The number of nitrogens with zero attached hydrogens (tertiary/aromatic N) is 1. The van der Waals surface area contributed by atoms with Crippen molar-refractivity contribution in [3.05, 3.63) is 68.6 Å². The number of aromatic carboxylic acids is 1. The number of nitrogens with one attached hydrogen (secondary N) is 1. The van der Waals surface area contributed by atoms with Gasteiger partial charge in [0.2, 0.25) is 0 Å². The van der Waals surface area contributed by atoms with Crippen LogP contribution < -0.4 is 5.56 Å². The maximum Gasteiger partial charge on any atom is 0.336 e. The van der Waals surface area contributed by atoms with Crippen molar-refractivity contribution in [3.63, 3.8) is 0 Å². The number of aromatic amines is 1. The number of amides is 2. The summed E-state index contributed by atoms with van der Waals surface area (Å²) in [6.45, 7) is 1.17. The van der Waals surface area contributed by atoms with Crippen LogP contribution in [-0.4, -0.2) is 32.8 Å². The molecule has 2 amide bonds. The van der Waals surface area contributed by atoms with Gasteiger partial charge in [-0.25, -0.2) is 4.79 Å². The number of aromatic nitrogens is 1. The average Bonchev–Trinajstić information content (AvgIpc) is 2.74. The number of carbonyl (C=O) groups excluding carboxylic acids is 2. The predicted molar refractivity (Wildman–Crippen MR) is 79.4 cm³/mol. The van der Waals surface area contributed by atoms with Crippen LogP contribution in [0.1, 0.15) is 42.3 Å². The van der Waals surface area contributed by atoms with Crippen molar-refractivity contribution >= 4 is 17.8 Å². The number of carbonyl (C=O) groups is 3. The van der Waals surface area contributed by atoms with E-state index in [9.17, 15) is 24.3 Å². The summed E-state index contributed by atoms with van der Waals surface area (Å²) in [4.78, 5) is 51.4. The van der Waals surface area contributed by atoms with Crippen LogP contribution in [0.25, 0.3) is 0 Å². The minimum atomic E-state index is -1.29. The van der Waals surface area contributed by atoms with E-state index in [0.717, 1.165) is 4.90 Å². The Labute approximate surface area is 130 Å². The second-order valence-electron chi connectivity index (χ2n) is 5.22. The zero-order valence-corrected chi connectivity index (χ0v) is 12.1. The van der Waals surface area contributed by atoms with Crippen molar-refractivity contribution in [2.75, 3.05) is 0 Å². The van der Waals surface area contributed by atoms with E-state index in [1.54, 1.807) is 19.1 Å². The van der Waals surface area contributed by atoms with E-state index in [2.05, 4.69) is 4.98 Å². The fourth-order valence-corrected chi connectivity index (χ4v) is 2.61. The van der Waals surface area contributed by atoms with E-state index in [1.807, 2.05) is 0 Å². The molecule has 0 bridgehead atoms. The number of hydrogen-bond donors (Lipinski definition) is 2. The number of carboxylic acids is 1. The number of rotatable bonds is 3. The molecule has 2 N–H and O–H groups in total. The normalized spacial score (nSPS) is 13.3. The molecule has 7 heteroatoms. The highest BCUT2D eigenvalue weighted by Crippen LogP contribution is 2.24. The summed E-state index contributed by atoms with van der Waals surface area (Å²) in [7, 11) is 0. The largest absolute Gasteiger partial charge is 0.478 e. The van der Waals surface area contributed by atoms with Crippen LogP contribution in [0.2, 0.25) is 0 Å². The zero-order valence-electron chi connectivity index (χ0n) is 12.1. The van der Waals surface area contributed by atoms with Gasteiger partial charge in [-0.2, -0.15) is 0 Å². The number of H-pyrrole nitrogens is 1. The lowest BCUT2D eigenvalue weighted by Crippen LogP contribution is -2.33. The summed E-state index contributed by atoms with van der Waals surface area (Å²) in [5.41, 5.74) is -0.0892. The molecule has 1 aromatic heterocycles. The molecule has 116 valence electrons. The topological polar surface area (TPSA) is 108 Å². The highest BCUT2D eigenvalue weighted by Gasteiger charge is 2.36. The number of hydrogen-bond acceptors (Lipinski definition) is 4. The van der Waals surface area contributed by atoms with Crippen molar-refractivity contribution in [2.24, 2.45) is 0 Å². The van der Waals surface area contributed by atoms with Crippen LogP contribution in [0, 0.1) is 6.92 Å². The molecule has 1 aliphatic rings. The molecule has 23 heavy (non-hydrogen) atoms. The van der Waals surface area contributed by atoms with E-state index < -0.39 is 23.3 Å². The third kappa shape index (κ3) is 2.32. The fourth-order valence-electron chi connectivity index (χ4n) is 2.61. The maximum atomic E-state index is 12.3. The summed E-state index contributed by atoms with van der Waals surface area (Å²) in [6, 6.07) is 7.61. The van der Waals surface area contributed by atoms with Gasteiger partial charge >= 0.3 is 5.97 Å². The van der Waals surface area contributed by atoms with Gasteiger partial charge in [0.25, 0.3) is 17.4 Å². The van der Waals surface area contributed by atoms with Gasteiger partial charge in [-0.3, -0.25) is 19.3 Å². The standard InChI is InChI=1S/C16H12N2O5/c1-8-6-11(16(22)23)12(13(19)17-8)7-18-14(20)9-4-2-3-5-10(9)15(18)21/h2-6H,7H2,1H3,(H,17,19)(H,22,23). The lowest BCUT2D eigenvalue weighted by molar-refractivity contribution is 0.0627. The Morgan fingerprint density at radius 1 is 1.13 bits per heavy atom. The number of fused-ring (bicyclic) bond motifs is 1. The van der Waals surface area contributed by atoms with Gasteiger partial charge in [0.15, 0.2) is 0 Å². The number of aryl methyl sites for hydroxylation is 1. The van der Waals surface area contributed by atoms with Crippen LogP contribution in [0.3, 0.4) is 0 Å². The van der Waals surface area contributed by atoms with Crippen molar-refractivity contribution in [1.29, 1.82) is 0 Å². The van der Waals surface area contributed by atoms with E-state index >= 15 is 0 Å². The van der Waals surface area contributed by atoms with Crippen molar-refractivity contribution in [2.45, 2.75) is 13.5 Å². The summed E-state index contributed by atoms with van der Waals surface area (Å²) >= 11 is 0. The Kier molecular flexibility index (Phi) is 3.33. The van der Waals surface area contributed by atoms with Gasteiger partial charge in [0.05, 0.1) is 28.8 Å². The molecule has 2 heterocycles. The number of imide groups is 1. The van der Waals surface area contributed by atoms with E-state index in [0.29, 0.717) is 5.69 Å². The Morgan fingerprint density at radius 2 is 1.70 bits per heavy atom. The second kappa shape index (κ2) is 5.20. The maximum absolute atomic E-state index is 12.3. The van der Waals surface area contributed by atoms with Gasteiger partial charge in [-0.15, -0.1) is 0 Å². The molecular formula is C16H12N2O5. The number of pyridine rings is 1. The highest BCUT2D eigenvalue weighted by molar-refractivity contribution is 6.21. The predicted octanol–water partition coefficient (Wildman–Crippen LogP) is 1.18. The fraction of sp³-hybridized carbons (Fsp3) is 0.125. The van der Waals surface area contributed by atoms with E-state index in [1.165, 1.54) is 18.2 Å². The molecule has 3 rings (SSSR count). The summed E-state index contributed by atoms with van der Waals surface area (Å²) in [6.07, 6.45) is 0. The van der Waals surface area contributed by atoms with Crippen LogP contribution in [0.4, 0.5) is 0 Å². The first kappa shape index (κ1) is 14.7. The van der Waals surface area contributed by atoms with Gasteiger partial charge in [0.1, 0.15) is 0 Å². The summed E-state index contributed by atoms with van der Waals surface area (Å²) in [5, 5.41) is 9.25. The minimum absolute atomic E-state index is 0.127. The quantitative estimate of drug-likeness (QED) is 0.827. The molecule has 0 aliphatic carbocycles. The van der Waals surface area contributed by atoms with E-state index in [4.69, 9.17) is 0 Å². The molecule has 0 unspecified atom stereocenters. The highest BCUT2D eigenvalue weighted by atomic mass is 16.4. The summed E-state index contributed by atoms with van der Waals surface area (Å²) in [5.74, 6) is -2.37. The van der Waals surface area contributed by atoms with Crippen LogP contribution in [0.15, 0.2) is 35.1 Å². The van der Waals surface area contributed by atoms with Crippen LogP contribution in [-0.2, 0) is 6.54 Å². The molecule has 1 aliphatic heterocycles. The molecule has 0 saturated carbocycles. The van der Waals surface area contributed by atoms with Crippen LogP contribution in [0.5, 0.6) is 0 Å². The first-order valence-electron chi connectivity index (χ1n) is 6.81. The molecule has 0 saturated heterocycles. The van der Waals surface area contributed by atoms with Gasteiger partial charge in [-0.1, -0.05) is 12.1 Å². The minimum Gasteiger partial charge on any atom is -0.478 e. The molecule has 0 spiro atoms. The Balaban J connectivity index is 2.05. The van der Waals surface area contributed by atoms with Crippen molar-refractivity contribution in [1.82, 2.24) is 9.88 Å². The van der Waals surface area contributed by atoms with Crippen molar-refractivity contribution < 1.29 is 19.5 Å². The average molecular weight is 312 g/mol. The smallest absolute Gasteiger partial charge is 0.336 e. The third-order valence-electron chi connectivity index (χ3n) is 3.70. The summed E-state index contributed by atoms with van der Waals surface area (Å²) < 4.78 is 0. The third-order valence-corrected chi connectivity index (χ3v) is 3.70. The lowest BCUT2D eigenvalue weighted by atomic mass is 10.1. The van der Waals surface area contributed by atoms with Gasteiger partial charge < -0.3 is 10.1 Å². The second-order valence-corrected chi connectivity index (χ2v) is 5.22. The number of benzene rings is 1. The molecule has 2 aromatic rings. The lowest BCUT2D eigenvalue weighted by Gasteiger charge is -2.15.